The fourth-order valence-electron chi connectivity index (χ4n) is 1.75. The minimum absolute atomic E-state index is 0.0786. The zero-order valence-corrected chi connectivity index (χ0v) is 13.2. The van der Waals surface area contributed by atoms with Gasteiger partial charge in [0.15, 0.2) is 0 Å². The van der Waals surface area contributed by atoms with Crippen molar-refractivity contribution in [3.63, 3.8) is 0 Å². The van der Waals surface area contributed by atoms with Crippen molar-refractivity contribution < 1.29 is 22.4 Å². The van der Waals surface area contributed by atoms with E-state index in [1.165, 1.54) is 13.3 Å². The van der Waals surface area contributed by atoms with Gasteiger partial charge in [-0.05, 0) is 13.3 Å². The molecule has 7 heteroatoms. The number of carbonyl (C=O) groups is 1. The van der Waals surface area contributed by atoms with Crippen LogP contribution in [0.15, 0.2) is 15.4 Å². The van der Waals surface area contributed by atoms with Gasteiger partial charge in [0.25, 0.3) is 9.05 Å². The highest BCUT2D eigenvalue weighted by molar-refractivity contribution is 8.13. The highest BCUT2D eigenvalue weighted by Crippen LogP contribution is 2.23. The predicted molar refractivity (Wildman–Crippen MR) is 75.5 cm³/mol. The molecule has 1 aromatic heterocycles. The predicted octanol–water partition coefficient (Wildman–Crippen LogP) is 3.64. The van der Waals surface area contributed by atoms with Crippen molar-refractivity contribution >= 4 is 25.7 Å². The van der Waals surface area contributed by atoms with Crippen LogP contribution in [0.3, 0.4) is 0 Å². The Morgan fingerprint density at radius 1 is 1.30 bits per heavy atom. The van der Waals surface area contributed by atoms with E-state index in [1.54, 1.807) is 0 Å². The van der Waals surface area contributed by atoms with Crippen LogP contribution in [0.25, 0.3) is 0 Å². The first-order valence-corrected chi connectivity index (χ1v) is 8.89. The van der Waals surface area contributed by atoms with Crippen LogP contribution in [0.4, 0.5) is 0 Å². The molecular formula is C13H19ClO5S. The van der Waals surface area contributed by atoms with Gasteiger partial charge in [0, 0.05) is 16.7 Å². The number of halogens is 1. The van der Waals surface area contributed by atoms with E-state index in [4.69, 9.17) is 19.8 Å². The molecule has 0 fully saturated rings. The summed E-state index contributed by atoms with van der Waals surface area (Å²) in [4.78, 5) is 11.5. The second-order valence-corrected chi connectivity index (χ2v) is 7.05. The third-order valence-electron chi connectivity index (χ3n) is 2.82. The summed E-state index contributed by atoms with van der Waals surface area (Å²) in [5, 5.41) is 0. The number of aryl methyl sites for hydroxylation is 1. The van der Waals surface area contributed by atoms with Crippen molar-refractivity contribution in [1.82, 2.24) is 0 Å². The third-order valence-corrected chi connectivity index (χ3v) is 4.25. The van der Waals surface area contributed by atoms with Gasteiger partial charge in [0.1, 0.15) is 10.7 Å². The van der Waals surface area contributed by atoms with Gasteiger partial charge in [-0.1, -0.05) is 32.6 Å². The van der Waals surface area contributed by atoms with E-state index < -0.39 is 15.0 Å². The Balaban J connectivity index is 2.49. The Morgan fingerprint density at radius 3 is 2.50 bits per heavy atom. The van der Waals surface area contributed by atoms with Crippen molar-refractivity contribution in [2.24, 2.45) is 0 Å². The number of furan rings is 1. The van der Waals surface area contributed by atoms with E-state index in [1.807, 2.05) is 0 Å². The second-order valence-electron chi connectivity index (χ2n) is 4.52. The standard InChI is InChI=1S/C13H19ClO5S/c1-3-4-5-6-7-8-18-13(15)11-9-12(10(2)19-11)20(14,16)17/h9H,3-8H2,1-2H3. The molecule has 5 nitrogen and oxygen atoms in total. The number of hydrogen-bond acceptors (Lipinski definition) is 5. The van der Waals surface area contributed by atoms with Gasteiger partial charge < -0.3 is 9.15 Å². The minimum atomic E-state index is -3.91. The number of unbranched alkanes of at least 4 members (excludes halogenated alkanes) is 4. The average Bonchev–Trinajstić information content (AvgIpc) is 2.75. The molecule has 0 amide bonds. The summed E-state index contributed by atoms with van der Waals surface area (Å²) in [6.45, 7) is 3.85. The molecule has 0 unspecified atom stereocenters. The monoisotopic (exact) mass is 322 g/mol. The summed E-state index contributed by atoms with van der Waals surface area (Å²) in [6.07, 6.45) is 5.22. The summed E-state index contributed by atoms with van der Waals surface area (Å²) >= 11 is 0. The van der Waals surface area contributed by atoms with Crippen molar-refractivity contribution in [3.8, 4) is 0 Å². The molecule has 0 aliphatic rings. The molecule has 0 saturated carbocycles. The smallest absolute Gasteiger partial charge is 0.374 e. The van der Waals surface area contributed by atoms with Crippen LogP contribution in [0, 0.1) is 6.92 Å². The van der Waals surface area contributed by atoms with Gasteiger partial charge in [-0.25, -0.2) is 13.2 Å². The molecule has 1 aromatic rings. The molecule has 0 aromatic carbocycles. The molecule has 0 aliphatic heterocycles. The average molecular weight is 323 g/mol. The summed E-state index contributed by atoms with van der Waals surface area (Å²) in [5.74, 6) is -0.736. The number of ether oxygens (including phenoxy) is 1. The number of esters is 1. The van der Waals surface area contributed by atoms with Crippen LogP contribution < -0.4 is 0 Å². The molecule has 0 bridgehead atoms. The van der Waals surface area contributed by atoms with E-state index in [2.05, 4.69) is 6.92 Å². The maximum absolute atomic E-state index is 11.7. The molecule has 0 aliphatic carbocycles. The summed E-state index contributed by atoms with van der Waals surface area (Å²) in [6, 6.07) is 1.09. The molecule has 0 N–H and O–H groups in total. The zero-order valence-electron chi connectivity index (χ0n) is 11.6. The van der Waals surface area contributed by atoms with Crippen molar-refractivity contribution in [2.45, 2.75) is 50.8 Å². The quantitative estimate of drug-likeness (QED) is 0.415. The lowest BCUT2D eigenvalue weighted by molar-refractivity contribution is 0.0460. The van der Waals surface area contributed by atoms with E-state index >= 15 is 0 Å². The summed E-state index contributed by atoms with van der Waals surface area (Å²) in [5.41, 5.74) is 0. The van der Waals surface area contributed by atoms with E-state index in [9.17, 15) is 13.2 Å². The van der Waals surface area contributed by atoms with E-state index in [0.29, 0.717) is 6.61 Å². The maximum atomic E-state index is 11.7. The van der Waals surface area contributed by atoms with Crippen LogP contribution in [0.2, 0.25) is 0 Å². The molecule has 20 heavy (non-hydrogen) atoms. The Bertz CT molecular complexity index is 547. The van der Waals surface area contributed by atoms with Gasteiger partial charge in [0.05, 0.1) is 6.61 Å². The Labute approximate surface area is 123 Å². The molecular weight excluding hydrogens is 304 g/mol. The Kier molecular flexibility index (Phi) is 6.55. The number of rotatable bonds is 8. The lowest BCUT2D eigenvalue weighted by Crippen LogP contribution is -2.05. The molecule has 1 heterocycles. The van der Waals surface area contributed by atoms with Crippen LogP contribution in [-0.4, -0.2) is 21.0 Å². The van der Waals surface area contributed by atoms with Crippen LogP contribution >= 0.6 is 10.7 Å². The second kappa shape index (κ2) is 7.69. The van der Waals surface area contributed by atoms with E-state index in [-0.39, 0.29) is 16.4 Å². The molecule has 0 radical (unpaired) electrons. The van der Waals surface area contributed by atoms with Crippen molar-refractivity contribution in [3.05, 3.63) is 17.6 Å². The first-order chi connectivity index (χ1) is 9.36. The highest BCUT2D eigenvalue weighted by atomic mass is 35.7. The lowest BCUT2D eigenvalue weighted by atomic mass is 10.2. The first kappa shape index (κ1) is 17.0. The van der Waals surface area contributed by atoms with E-state index in [0.717, 1.165) is 31.7 Å². The summed E-state index contributed by atoms with van der Waals surface area (Å²) < 4.78 is 32.5. The topological polar surface area (TPSA) is 73.6 Å². The highest BCUT2D eigenvalue weighted by Gasteiger charge is 2.22. The number of carbonyl (C=O) groups excluding carboxylic acids is 1. The maximum Gasteiger partial charge on any atom is 0.374 e. The minimum Gasteiger partial charge on any atom is -0.460 e. The van der Waals surface area contributed by atoms with Crippen molar-refractivity contribution in [1.29, 1.82) is 0 Å². The fraction of sp³-hybridized carbons (Fsp3) is 0.615. The zero-order chi connectivity index (χ0) is 15.2. The lowest BCUT2D eigenvalue weighted by Gasteiger charge is -2.02. The van der Waals surface area contributed by atoms with Crippen LogP contribution in [0.5, 0.6) is 0 Å². The van der Waals surface area contributed by atoms with Crippen LogP contribution in [0.1, 0.15) is 55.3 Å². The normalized spacial score (nSPS) is 11.6. The van der Waals surface area contributed by atoms with Gasteiger partial charge >= 0.3 is 5.97 Å². The molecule has 114 valence electrons. The third kappa shape index (κ3) is 5.17. The van der Waals surface area contributed by atoms with Gasteiger partial charge in [0.2, 0.25) is 5.76 Å². The van der Waals surface area contributed by atoms with Gasteiger partial charge in [-0.2, -0.15) is 0 Å². The molecule has 0 atom stereocenters. The Hall–Kier alpha value is -1.01. The van der Waals surface area contributed by atoms with Gasteiger partial charge in [-0.15, -0.1) is 0 Å². The fourth-order valence-corrected chi connectivity index (χ4v) is 2.84. The van der Waals surface area contributed by atoms with Gasteiger partial charge in [-0.3, -0.25) is 0 Å². The molecule has 1 rings (SSSR count). The van der Waals surface area contributed by atoms with Crippen LogP contribution in [-0.2, 0) is 13.8 Å². The summed E-state index contributed by atoms with van der Waals surface area (Å²) in [7, 11) is 1.31. The Morgan fingerprint density at radius 2 is 1.95 bits per heavy atom. The SMILES string of the molecule is CCCCCCCOC(=O)c1cc(S(=O)(=O)Cl)c(C)o1. The molecule has 0 spiro atoms. The first-order valence-electron chi connectivity index (χ1n) is 6.58. The molecule has 0 saturated heterocycles. The number of hydrogen-bond donors (Lipinski definition) is 0. The van der Waals surface area contributed by atoms with Crippen molar-refractivity contribution in [2.75, 3.05) is 6.61 Å². The largest absolute Gasteiger partial charge is 0.460 e.